The number of carbonyl (C=O) groups excluding carboxylic acids is 1. The number of benzene rings is 1. The molecule has 1 aromatic carbocycles. The Kier molecular flexibility index (Phi) is 5.61. The molecule has 1 atom stereocenters. The lowest BCUT2D eigenvalue weighted by molar-refractivity contribution is 0.0226. The number of likely N-dealkylation sites (tertiary alicyclic amines) is 1. The van der Waals surface area contributed by atoms with Crippen molar-refractivity contribution in [2.75, 3.05) is 13.1 Å². The molecule has 2 aromatic rings. The molecule has 0 saturated carbocycles. The predicted octanol–water partition coefficient (Wildman–Crippen LogP) is 3.36. The molecule has 0 aliphatic carbocycles. The monoisotopic (exact) mass is 356 g/mol. The van der Waals surface area contributed by atoms with Crippen LogP contribution >= 0.6 is 0 Å². The lowest BCUT2D eigenvalue weighted by Gasteiger charge is -2.28. The zero-order chi connectivity index (χ0) is 18.6. The van der Waals surface area contributed by atoms with Gasteiger partial charge in [0, 0.05) is 31.9 Å². The molecule has 1 aliphatic heterocycles. The van der Waals surface area contributed by atoms with Gasteiger partial charge in [0.15, 0.2) is 0 Å². The van der Waals surface area contributed by atoms with Crippen LogP contribution in [0.15, 0.2) is 42.6 Å². The van der Waals surface area contributed by atoms with Crippen molar-refractivity contribution in [1.29, 1.82) is 0 Å². The van der Waals surface area contributed by atoms with Crippen LogP contribution in [0.5, 0.6) is 0 Å². The third kappa shape index (κ3) is 4.85. The average molecular weight is 356 g/mol. The average Bonchev–Trinajstić information content (AvgIpc) is 3.24. The molecule has 26 heavy (non-hydrogen) atoms. The second-order valence-corrected chi connectivity index (χ2v) is 7.69. The largest absolute Gasteiger partial charge is 0.444 e. The van der Waals surface area contributed by atoms with E-state index in [0.717, 1.165) is 37.3 Å². The van der Waals surface area contributed by atoms with Gasteiger partial charge < -0.3 is 15.0 Å². The first-order chi connectivity index (χ1) is 12.4. The SMILES string of the molecule is CC(C)(C)OC(=O)N1CCC[C@@H]1CNCc1ccn(-c2ccccc2)n1. The molecule has 0 bridgehead atoms. The van der Waals surface area contributed by atoms with Gasteiger partial charge in [0.1, 0.15) is 5.60 Å². The van der Waals surface area contributed by atoms with Crippen LogP contribution in [-0.4, -0.2) is 45.5 Å². The zero-order valence-corrected chi connectivity index (χ0v) is 15.8. The number of aromatic nitrogens is 2. The van der Waals surface area contributed by atoms with Gasteiger partial charge in [-0.05, 0) is 51.8 Å². The number of para-hydroxylation sites is 1. The molecule has 1 amide bonds. The van der Waals surface area contributed by atoms with Crippen molar-refractivity contribution < 1.29 is 9.53 Å². The van der Waals surface area contributed by atoms with Gasteiger partial charge >= 0.3 is 6.09 Å². The molecule has 6 heteroatoms. The Bertz CT molecular complexity index is 721. The molecule has 1 aromatic heterocycles. The number of nitrogens with one attached hydrogen (secondary N) is 1. The molecule has 3 rings (SSSR count). The molecule has 140 valence electrons. The summed E-state index contributed by atoms with van der Waals surface area (Å²) in [6.45, 7) is 7.89. The smallest absolute Gasteiger partial charge is 0.410 e. The Hall–Kier alpha value is -2.34. The van der Waals surface area contributed by atoms with E-state index in [-0.39, 0.29) is 12.1 Å². The first-order valence-electron chi connectivity index (χ1n) is 9.23. The third-order valence-corrected chi connectivity index (χ3v) is 4.36. The minimum absolute atomic E-state index is 0.182. The molecule has 2 heterocycles. The van der Waals surface area contributed by atoms with Gasteiger partial charge in [-0.25, -0.2) is 9.48 Å². The zero-order valence-electron chi connectivity index (χ0n) is 15.8. The summed E-state index contributed by atoms with van der Waals surface area (Å²) >= 11 is 0. The summed E-state index contributed by atoms with van der Waals surface area (Å²) in [4.78, 5) is 14.2. The van der Waals surface area contributed by atoms with Crippen molar-refractivity contribution in [2.45, 2.75) is 51.8 Å². The van der Waals surface area contributed by atoms with Gasteiger partial charge in [-0.2, -0.15) is 5.10 Å². The van der Waals surface area contributed by atoms with Gasteiger partial charge in [0.2, 0.25) is 0 Å². The predicted molar refractivity (Wildman–Crippen MR) is 101 cm³/mol. The number of rotatable bonds is 5. The molecule has 6 nitrogen and oxygen atoms in total. The molecule has 1 aliphatic rings. The molecular formula is C20H28N4O2. The summed E-state index contributed by atoms with van der Waals surface area (Å²) in [6.07, 6.45) is 3.78. The third-order valence-electron chi connectivity index (χ3n) is 4.36. The van der Waals surface area contributed by atoms with Gasteiger partial charge in [-0.1, -0.05) is 18.2 Å². The minimum atomic E-state index is -0.456. The Morgan fingerprint density at radius 1 is 1.27 bits per heavy atom. The highest BCUT2D eigenvalue weighted by Crippen LogP contribution is 2.20. The van der Waals surface area contributed by atoms with Gasteiger partial charge in [0.25, 0.3) is 0 Å². The van der Waals surface area contributed by atoms with E-state index in [4.69, 9.17) is 4.74 Å². The van der Waals surface area contributed by atoms with Crippen LogP contribution in [0.3, 0.4) is 0 Å². The topological polar surface area (TPSA) is 59.4 Å². The van der Waals surface area contributed by atoms with Crippen molar-refractivity contribution in [2.24, 2.45) is 0 Å². The normalized spacial score (nSPS) is 17.5. The Balaban J connectivity index is 1.50. The fraction of sp³-hybridized carbons (Fsp3) is 0.500. The van der Waals surface area contributed by atoms with E-state index in [0.29, 0.717) is 6.54 Å². The number of hydrogen-bond acceptors (Lipinski definition) is 4. The number of amides is 1. The first-order valence-corrected chi connectivity index (χ1v) is 9.23. The van der Waals surface area contributed by atoms with Crippen LogP contribution in [0.25, 0.3) is 5.69 Å². The summed E-state index contributed by atoms with van der Waals surface area (Å²) in [5.74, 6) is 0. The van der Waals surface area contributed by atoms with Crippen LogP contribution < -0.4 is 5.32 Å². The van der Waals surface area contributed by atoms with Gasteiger partial charge in [0.05, 0.1) is 11.4 Å². The number of nitrogens with zero attached hydrogens (tertiary/aromatic N) is 3. The van der Waals surface area contributed by atoms with E-state index >= 15 is 0 Å². The standard InChI is InChI=1S/C20H28N4O2/c1-20(2,3)26-19(25)23-12-7-10-18(23)15-21-14-16-11-13-24(22-16)17-8-5-4-6-9-17/h4-6,8-9,11,13,18,21H,7,10,12,14-15H2,1-3H3/t18-/m1/s1. The molecular weight excluding hydrogens is 328 g/mol. The molecule has 1 fully saturated rings. The van der Waals surface area contributed by atoms with Crippen molar-refractivity contribution in [3.8, 4) is 5.69 Å². The van der Waals surface area contributed by atoms with E-state index in [2.05, 4.69) is 10.4 Å². The highest BCUT2D eigenvalue weighted by atomic mass is 16.6. The summed E-state index contributed by atoms with van der Waals surface area (Å²) in [5.41, 5.74) is 1.57. The van der Waals surface area contributed by atoms with E-state index in [1.807, 2.05) is 72.9 Å². The molecule has 0 radical (unpaired) electrons. The fourth-order valence-corrected chi connectivity index (χ4v) is 3.16. The Morgan fingerprint density at radius 2 is 2.04 bits per heavy atom. The van der Waals surface area contributed by atoms with Crippen molar-refractivity contribution in [1.82, 2.24) is 20.0 Å². The van der Waals surface area contributed by atoms with E-state index in [9.17, 15) is 4.79 Å². The van der Waals surface area contributed by atoms with Gasteiger partial charge in [-0.15, -0.1) is 0 Å². The molecule has 0 unspecified atom stereocenters. The van der Waals surface area contributed by atoms with Crippen LogP contribution in [0, 0.1) is 0 Å². The van der Waals surface area contributed by atoms with Gasteiger partial charge in [-0.3, -0.25) is 0 Å². The lowest BCUT2D eigenvalue weighted by atomic mass is 10.2. The lowest BCUT2D eigenvalue weighted by Crippen LogP contribution is -2.44. The van der Waals surface area contributed by atoms with E-state index < -0.39 is 5.60 Å². The fourth-order valence-electron chi connectivity index (χ4n) is 3.16. The number of carbonyl (C=O) groups is 1. The second kappa shape index (κ2) is 7.91. The maximum absolute atomic E-state index is 12.3. The van der Waals surface area contributed by atoms with Crippen molar-refractivity contribution in [3.63, 3.8) is 0 Å². The van der Waals surface area contributed by atoms with Crippen LogP contribution in [0.2, 0.25) is 0 Å². The summed E-state index contributed by atoms with van der Waals surface area (Å²) < 4.78 is 7.39. The molecule has 0 spiro atoms. The highest BCUT2D eigenvalue weighted by Gasteiger charge is 2.31. The van der Waals surface area contributed by atoms with Crippen LogP contribution in [0.1, 0.15) is 39.3 Å². The first kappa shape index (κ1) is 18.5. The maximum Gasteiger partial charge on any atom is 0.410 e. The maximum atomic E-state index is 12.3. The second-order valence-electron chi connectivity index (χ2n) is 7.69. The van der Waals surface area contributed by atoms with Crippen LogP contribution in [0.4, 0.5) is 4.79 Å². The Labute approximate surface area is 155 Å². The van der Waals surface area contributed by atoms with E-state index in [1.165, 1.54) is 0 Å². The summed E-state index contributed by atoms with van der Waals surface area (Å²) in [7, 11) is 0. The highest BCUT2D eigenvalue weighted by molar-refractivity contribution is 5.69. The summed E-state index contributed by atoms with van der Waals surface area (Å²) in [5, 5.41) is 8.03. The number of hydrogen-bond donors (Lipinski definition) is 1. The minimum Gasteiger partial charge on any atom is -0.444 e. The quantitative estimate of drug-likeness (QED) is 0.892. The van der Waals surface area contributed by atoms with Crippen molar-refractivity contribution >= 4 is 6.09 Å². The molecule has 1 saturated heterocycles. The molecule has 1 N–H and O–H groups in total. The van der Waals surface area contributed by atoms with E-state index in [1.54, 1.807) is 0 Å². The number of ether oxygens (including phenoxy) is 1. The Morgan fingerprint density at radius 3 is 2.77 bits per heavy atom. The van der Waals surface area contributed by atoms with Crippen LogP contribution in [-0.2, 0) is 11.3 Å². The van der Waals surface area contributed by atoms with Crippen molar-refractivity contribution in [3.05, 3.63) is 48.3 Å². The summed E-state index contributed by atoms with van der Waals surface area (Å²) in [6, 6.07) is 12.2.